The molecule has 0 spiro atoms. The number of hydrogen-bond donors (Lipinski definition) is 1. The Labute approximate surface area is 175 Å². The van der Waals surface area contributed by atoms with Crippen LogP contribution >= 0.6 is 35.3 Å². The molecule has 0 fully saturated rings. The van der Waals surface area contributed by atoms with E-state index in [0.717, 1.165) is 35.2 Å². The number of aliphatic imine (C=N–C) groups is 1. The van der Waals surface area contributed by atoms with E-state index in [9.17, 15) is 4.39 Å². The third kappa shape index (κ3) is 6.39. The van der Waals surface area contributed by atoms with Crippen molar-refractivity contribution in [2.24, 2.45) is 4.99 Å². The number of hydrogen-bond acceptors (Lipinski definition) is 4. The van der Waals surface area contributed by atoms with Gasteiger partial charge in [-0.15, -0.1) is 35.3 Å². The second kappa shape index (κ2) is 11.3. The number of nitrogens with zero attached hydrogens (tertiary/aromatic N) is 3. The normalized spacial score (nSPS) is 11.0. The van der Waals surface area contributed by atoms with Crippen molar-refractivity contribution >= 4 is 41.3 Å². The van der Waals surface area contributed by atoms with Crippen LogP contribution in [0.5, 0.6) is 5.75 Å². The second-order valence-corrected chi connectivity index (χ2v) is 6.52. The van der Waals surface area contributed by atoms with Crippen LogP contribution in [-0.2, 0) is 19.5 Å². The van der Waals surface area contributed by atoms with E-state index in [1.54, 1.807) is 17.4 Å². The van der Waals surface area contributed by atoms with Gasteiger partial charge in [-0.1, -0.05) is 13.0 Å². The molecular weight excluding hydrogens is 466 g/mol. The Morgan fingerprint density at radius 3 is 2.73 bits per heavy atom. The molecule has 0 unspecified atom stereocenters. The summed E-state index contributed by atoms with van der Waals surface area (Å²) < 4.78 is 18.8. The van der Waals surface area contributed by atoms with Gasteiger partial charge >= 0.3 is 0 Å². The standard InChI is InChI=1S/C18H25FN4OS.HI/c1-5-17-22-14(12-25-17)10-21-18(20-6-2)23(3)11-13-7-8-16(24-4)15(19)9-13;/h7-9,12H,5-6,10-11H2,1-4H3,(H,20,21);1H. The van der Waals surface area contributed by atoms with E-state index in [4.69, 9.17) is 4.74 Å². The molecule has 0 bridgehead atoms. The van der Waals surface area contributed by atoms with Gasteiger partial charge in [-0.3, -0.25) is 0 Å². The summed E-state index contributed by atoms with van der Waals surface area (Å²) in [5.41, 5.74) is 1.83. The summed E-state index contributed by atoms with van der Waals surface area (Å²) in [6.45, 7) is 5.95. The molecule has 0 aliphatic heterocycles. The van der Waals surface area contributed by atoms with Crippen molar-refractivity contribution in [1.82, 2.24) is 15.2 Å². The minimum absolute atomic E-state index is 0. The zero-order valence-electron chi connectivity index (χ0n) is 15.6. The molecule has 0 aliphatic carbocycles. The third-order valence-electron chi connectivity index (χ3n) is 3.62. The van der Waals surface area contributed by atoms with Crippen LogP contribution < -0.4 is 10.1 Å². The van der Waals surface area contributed by atoms with E-state index in [0.29, 0.717) is 13.1 Å². The summed E-state index contributed by atoms with van der Waals surface area (Å²) in [7, 11) is 3.39. The summed E-state index contributed by atoms with van der Waals surface area (Å²) in [5, 5.41) is 6.43. The fourth-order valence-electron chi connectivity index (χ4n) is 2.37. The molecule has 1 aromatic heterocycles. The van der Waals surface area contributed by atoms with Crippen molar-refractivity contribution in [3.63, 3.8) is 0 Å². The lowest BCUT2D eigenvalue weighted by Crippen LogP contribution is -2.38. The fraction of sp³-hybridized carbons (Fsp3) is 0.444. The van der Waals surface area contributed by atoms with Crippen molar-refractivity contribution in [3.05, 3.63) is 45.7 Å². The molecule has 5 nitrogen and oxygen atoms in total. The van der Waals surface area contributed by atoms with Crippen LogP contribution in [0.25, 0.3) is 0 Å². The quantitative estimate of drug-likeness (QED) is 0.360. The van der Waals surface area contributed by atoms with Gasteiger partial charge in [0.15, 0.2) is 17.5 Å². The molecule has 144 valence electrons. The number of methoxy groups -OCH3 is 1. The van der Waals surface area contributed by atoms with E-state index >= 15 is 0 Å². The first kappa shape index (κ1) is 22.6. The highest BCUT2D eigenvalue weighted by atomic mass is 127. The average Bonchev–Trinajstić information content (AvgIpc) is 3.06. The van der Waals surface area contributed by atoms with E-state index < -0.39 is 0 Å². The molecule has 1 heterocycles. The molecular formula is C18H26FIN4OS. The smallest absolute Gasteiger partial charge is 0.194 e. The zero-order valence-corrected chi connectivity index (χ0v) is 18.7. The number of thiazole rings is 1. The number of aryl methyl sites for hydroxylation is 1. The number of ether oxygens (including phenoxy) is 1. The Bertz CT molecular complexity index is 723. The number of benzene rings is 1. The van der Waals surface area contributed by atoms with Gasteiger partial charge < -0.3 is 15.0 Å². The highest BCUT2D eigenvalue weighted by Crippen LogP contribution is 2.18. The number of nitrogens with one attached hydrogen (secondary N) is 1. The molecule has 0 aliphatic rings. The van der Waals surface area contributed by atoms with Crippen LogP contribution in [0, 0.1) is 5.82 Å². The predicted molar refractivity (Wildman–Crippen MR) is 116 cm³/mol. The van der Waals surface area contributed by atoms with Gasteiger partial charge in [0, 0.05) is 25.5 Å². The number of guanidine groups is 1. The first-order chi connectivity index (χ1) is 12.1. The molecule has 26 heavy (non-hydrogen) atoms. The van der Waals surface area contributed by atoms with Crippen molar-refractivity contribution in [2.75, 3.05) is 20.7 Å². The number of halogens is 2. The van der Waals surface area contributed by atoms with Gasteiger partial charge in [-0.05, 0) is 31.0 Å². The summed E-state index contributed by atoms with van der Waals surface area (Å²) in [4.78, 5) is 11.1. The van der Waals surface area contributed by atoms with E-state index in [2.05, 4.69) is 22.2 Å². The van der Waals surface area contributed by atoms with Crippen LogP contribution in [0.4, 0.5) is 4.39 Å². The molecule has 2 aromatic rings. The Hall–Kier alpha value is -1.42. The van der Waals surface area contributed by atoms with Crippen molar-refractivity contribution in [3.8, 4) is 5.75 Å². The zero-order chi connectivity index (χ0) is 18.2. The van der Waals surface area contributed by atoms with E-state index in [-0.39, 0.29) is 35.5 Å². The lowest BCUT2D eigenvalue weighted by atomic mass is 10.2. The Morgan fingerprint density at radius 2 is 2.15 bits per heavy atom. The highest BCUT2D eigenvalue weighted by Gasteiger charge is 2.10. The van der Waals surface area contributed by atoms with Crippen LogP contribution in [0.15, 0.2) is 28.6 Å². The Balaban J connectivity index is 0.00000338. The topological polar surface area (TPSA) is 49.8 Å². The maximum Gasteiger partial charge on any atom is 0.194 e. The van der Waals surface area contributed by atoms with Crippen LogP contribution in [0.2, 0.25) is 0 Å². The summed E-state index contributed by atoms with van der Waals surface area (Å²) >= 11 is 1.66. The molecule has 0 amide bonds. The minimum Gasteiger partial charge on any atom is -0.494 e. The molecule has 1 N–H and O–H groups in total. The van der Waals surface area contributed by atoms with E-state index in [1.807, 2.05) is 30.3 Å². The number of aromatic nitrogens is 1. The van der Waals surface area contributed by atoms with Crippen molar-refractivity contribution in [2.45, 2.75) is 33.4 Å². The molecule has 2 rings (SSSR count). The summed E-state index contributed by atoms with van der Waals surface area (Å²) in [6.07, 6.45) is 0.942. The first-order valence-corrected chi connectivity index (χ1v) is 9.20. The van der Waals surface area contributed by atoms with Gasteiger partial charge in [0.2, 0.25) is 0 Å². The van der Waals surface area contributed by atoms with Crippen LogP contribution in [0.3, 0.4) is 0 Å². The van der Waals surface area contributed by atoms with Gasteiger partial charge in [0.25, 0.3) is 0 Å². The summed E-state index contributed by atoms with van der Waals surface area (Å²) in [6, 6.07) is 4.99. The maximum atomic E-state index is 13.9. The predicted octanol–water partition coefficient (Wildman–Crippen LogP) is 4.07. The van der Waals surface area contributed by atoms with Gasteiger partial charge in [0.05, 0.1) is 24.4 Å². The molecule has 8 heteroatoms. The van der Waals surface area contributed by atoms with Gasteiger partial charge in [-0.25, -0.2) is 14.4 Å². The average molecular weight is 492 g/mol. The monoisotopic (exact) mass is 492 g/mol. The minimum atomic E-state index is -0.357. The SMILES string of the molecule is CCNC(=NCc1csc(CC)n1)N(C)Cc1ccc(OC)c(F)c1.I. The first-order valence-electron chi connectivity index (χ1n) is 8.32. The lowest BCUT2D eigenvalue weighted by Gasteiger charge is -2.22. The lowest BCUT2D eigenvalue weighted by molar-refractivity contribution is 0.385. The van der Waals surface area contributed by atoms with Crippen molar-refractivity contribution in [1.29, 1.82) is 0 Å². The Kier molecular flexibility index (Phi) is 9.85. The third-order valence-corrected chi connectivity index (χ3v) is 4.67. The maximum absolute atomic E-state index is 13.9. The van der Waals surface area contributed by atoms with Crippen molar-refractivity contribution < 1.29 is 9.13 Å². The highest BCUT2D eigenvalue weighted by molar-refractivity contribution is 14.0. The fourth-order valence-corrected chi connectivity index (χ4v) is 3.10. The summed E-state index contributed by atoms with van der Waals surface area (Å²) in [5.74, 6) is 0.664. The van der Waals surface area contributed by atoms with Gasteiger partial charge in [0.1, 0.15) is 0 Å². The largest absolute Gasteiger partial charge is 0.494 e. The van der Waals surface area contributed by atoms with E-state index in [1.165, 1.54) is 13.2 Å². The molecule has 0 saturated carbocycles. The molecule has 1 aromatic carbocycles. The Morgan fingerprint density at radius 1 is 1.38 bits per heavy atom. The molecule has 0 radical (unpaired) electrons. The van der Waals surface area contributed by atoms with Crippen LogP contribution in [0.1, 0.15) is 30.1 Å². The van der Waals surface area contributed by atoms with Gasteiger partial charge in [-0.2, -0.15) is 0 Å². The number of rotatable bonds is 7. The second-order valence-electron chi connectivity index (χ2n) is 5.58. The molecule has 0 saturated heterocycles. The van der Waals surface area contributed by atoms with Crippen LogP contribution in [-0.4, -0.2) is 36.5 Å². The molecule has 0 atom stereocenters.